The third-order valence-corrected chi connectivity index (χ3v) is 4.69. The van der Waals surface area contributed by atoms with E-state index in [0.29, 0.717) is 18.7 Å². The maximum atomic E-state index is 12.6. The smallest absolute Gasteiger partial charge is 0.257 e. The largest absolute Gasteiger partial charge is 0.507 e. The maximum Gasteiger partial charge on any atom is 0.257 e. The van der Waals surface area contributed by atoms with Crippen LogP contribution >= 0.6 is 11.3 Å². The molecule has 22 heavy (non-hydrogen) atoms. The molecule has 0 atom stereocenters. The Hall–Kier alpha value is -2.08. The van der Waals surface area contributed by atoms with Crippen molar-refractivity contribution in [2.45, 2.75) is 13.3 Å². The molecule has 2 heterocycles. The molecular weight excluding hydrogens is 298 g/mol. The van der Waals surface area contributed by atoms with Crippen LogP contribution in [0.4, 0.5) is 5.13 Å². The van der Waals surface area contributed by atoms with Gasteiger partial charge in [-0.15, -0.1) is 11.3 Å². The number of aromatic nitrogens is 1. The average Bonchev–Trinajstić information content (AvgIpc) is 2.91. The molecule has 1 amide bonds. The number of carbonyl (C=O) groups is 1. The summed E-state index contributed by atoms with van der Waals surface area (Å²) in [6, 6.07) is 5.19. The number of phenolic OH excluding ortho intramolecular Hbond substituents is 1. The monoisotopic (exact) mass is 317 g/mol. The molecule has 0 radical (unpaired) electrons. The van der Waals surface area contributed by atoms with Crippen LogP contribution in [0.1, 0.15) is 22.3 Å². The lowest BCUT2D eigenvalue weighted by Gasteiger charge is -2.22. The molecule has 0 bridgehead atoms. The van der Waals surface area contributed by atoms with E-state index >= 15 is 0 Å². The molecule has 6 heteroatoms. The van der Waals surface area contributed by atoms with Crippen molar-refractivity contribution in [3.63, 3.8) is 0 Å². The zero-order chi connectivity index (χ0) is 15.5. The predicted molar refractivity (Wildman–Crippen MR) is 87.7 cm³/mol. The lowest BCUT2D eigenvalue weighted by molar-refractivity contribution is 0.0764. The fourth-order valence-electron chi connectivity index (χ4n) is 2.68. The number of aromatic hydroxyl groups is 1. The standard InChI is InChI=1S/C16H19N3O2S/c1-12-3-4-13(14(20)11-12)15(21)18-6-2-7-19(9-8-18)16-17-5-10-22-16/h3-5,10-11,20H,2,6-9H2,1H3. The number of carbonyl (C=O) groups excluding carboxylic acids is 1. The molecular formula is C16H19N3O2S. The fraction of sp³-hybridized carbons (Fsp3) is 0.375. The number of nitrogens with zero attached hydrogens (tertiary/aromatic N) is 3. The van der Waals surface area contributed by atoms with Crippen LogP contribution in [0.3, 0.4) is 0 Å². The lowest BCUT2D eigenvalue weighted by atomic mass is 10.1. The molecule has 1 aromatic carbocycles. The first-order valence-corrected chi connectivity index (χ1v) is 8.26. The number of phenols is 1. The summed E-state index contributed by atoms with van der Waals surface area (Å²) in [6.45, 7) is 4.91. The van der Waals surface area contributed by atoms with Crippen LogP contribution in [0.25, 0.3) is 0 Å². The highest BCUT2D eigenvalue weighted by molar-refractivity contribution is 7.13. The van der Waals surface area contributed by atoms with Crippen molar-refractivity contribution < 1.29 is 9.90 Å². The molecule has 2 aromatic rings. The number of hydrogen-bond acceptors (Lipinski definition) is 5. The van der Waals surface area contributed by atoms with Crippen molar-refractivity contribution in [3.8, 4) is 5.75 Å². The van der Waals surface area contributed by atoms with Gasteiger partial charge in [-0.05, 0) is 31.0 Å². The summed E-state index contributed by atoms with van der Waals surface area (Å²) < 4.78 is 0. The fourth-order valence-corrected chi connectivity index (χ4v) is 3.37. The molecule has 1 aromatic heterocycles. The second-order valence-corrected chi connectivity index (χ2v) is 6.34. The Morgan fingerprint density at radius 1 is 1.27 bits per heavy atom. The van der Waals surface area contributed by atoms with E-state index < -0.39 is 0 Å². The van der Waals surface area contributed by atoms with E-state index in [4.69, 9.17) is 0 Å². The van der Waals surface area contributed by atoms with Crippen LogP contribution in [0.15, 0.2) is 29.8 Å². The van der Waals surface area contributed by atoms with Gasteiger partial charge in [0, 0.05) is 37.8 Å². The molecule has 3 rings (SSSR count). The van der Waals surface area contributed by atoms with E-state index in [9.17, 15) is 9.90 Å². The number of anilines is 1. The van der Waals surface area contributed by atoms with Crippen molar-refractivity contribution in [3.05, 3.63) is 40.9 Å². The van der Waals surface area contributed by atoms with Crippen molar-refractivity contribution >= 4 is 22.4 Å². The van der Waals surface area contributed by atoms with Crippen molar-refractivity contribution in [2.75, 3.05) is 31.1 Å². The Morgan fingerprint density at radius 2 is 2.14 bits per heavy atom. The highest BCUT2D eigenvalue weighted by Gasteiger charge is 2.23. The molecule has 1 N–H and O–H groups in total. The van der Waals surface area contributed by atoms with Gasteiger partial charge in [0.05, 0.1) is 5.56 Å². The van der Waals surface area contributed by atoms with Gasteiger partial charge in [0.15, 0.2) is 5.13 Å². The minimum atomic E-state index is -0.0986. The number of benzene rings is 1. The molecule has 0 unspecified atom stereocenters. The minimum Gasteiger partial charge on any atom is -0.507 e. The molecule has 0 aliphatic carbocycles. The molecule has 116 valence electrons. The second kappa shape index (κ2) is 6.36. The van der Waals surface area contributed by atoms with Crippen LogP contribution in [-0.4, -0.2) is 47.1 Å². The Labute approximate surface area is 133 Å². The van der Waals surface area contributed by atoms with Crippen LogP contribution in [0, 0.1) is 6.92 Å². The van der Waals surface area contributed by atoms with Crippen LogP contribution < -0.4 is 4.90 Å². The first-order chi connectivity index (χ1) is 10.6. The van der Waals surface area contributed by atoms with Gasteiger partial charge in [-0.1, -0.05) is 6.07 Å². The molecule has 1 saturated heterocycles. The zero-order valence-corrected chi connectivity index (χ0v) is 13.3. The predicted octanol–water partition coefficient (Wildman–Crippen LogP) is 2.51. The Balaban J connectivity index is 1.71. The van der Waals surface area contributed by atoms with Gasteiger partial charge < -0.3 is 14.9 Å². The van der Waals surface area contributed by atoms with Crippen LogP contribution in [0.5, 0.6) is 5.75 Å². The number of thiazole rings is 1. The number of aryl methyl sites for hydroxylation is 1. The van der Waals surface area contributed by atoms with E-state index in [1.165, 1.54) is 0 Å². The third kappa shape index (κ3) is 3.06. The van der Waals surface area contributed by atoms with E-state index in [1.807, 2.05) is 23.3 Å². The lowest BCUT2D eigenvalue weighted by Crippen LogP contribution is -2.35. The molecule has 1 aliphatic rings. The minimum absolute atomic E-state index is 0.0611. The summed E-state index contributed by atoms with van der Waals surface area (Å²) in [7, 11) is 0. The normalized spacial score (nSPS) is 15.7. The maximum absolute atomic E-state index is 12.6. The third-order valence-electron chi connectivity index (χ3n) is 3.86. The van der Waals surface area contributed by atoms with Crippen molar-refractivity contribution in [1.29, 1.82) is 0 Å². The summed E-state index contributed by atoms with van der Waals surface area (Å²) in [5, 5.41) is 13.0. The topological polar surface area (TPSA) is 56.7 Å². The van der Waals surface area contributed by atoms with Gasteiger partial charge in [0.2, 0.25) is 0 Å². The molecule has 0 saturated carbocycles. The van der Waals surface area contributed by atoms with E-state index in [2.05, 4.69) is 9.88 Å². The SMILES string of the molecule is Cc1ccc(C(=O)N2CCCN(c3nccs3)CC2)c(O)c1. The second-order valence-electron chi connectivity index (χ2n) is 5.47. The Bertz CT molecular complexity index is 657. The van der Waals surface area contributed by atoms with Crippen molar-refractivity contribution in [1.82, 2.24) is 9.88 Å². The average molecular weight is 317 g/mol. The van der Waals surface area contributed by atoms with Gasteiger partial charge in [0.1, 0.15) is 5.75 Å². The number of rotatable bonds is 2. The van der Waals surface area contributed by atoms with Gasteiger partial charge in [-0.2, -0.15) is 0 Å². The Morgan fingerprint density at radius 3 is 2.86 bits per heavy atom. The highest BCUT2D eigenvalue weighted by Crippen LogP contribution is 2.23. The molecule has 1 aliphatic heterocycles. The summed E-state index contributed by atoms with van der Waals surface area (Å²) in [6.07, 6.45) is 2.70. The first kappa shape index (κ1) is 14.8. The number of hydrogen-bond donors (Lipinski definition) is 1. The van der Waals surface area contributed by atoms with Crippen LogP contribution in [0.2, 0.25) is 0 Å². The quantitative estimate of drug-likeness (QED) is 0.924. The van der Waals surface area contributed by atoms with E-state index in [1.54, 1.807) is 29.7 Å². The Kier molecular flexibility index (Phi) is 4.29. The summed E-state index contributed by atoms with van der Waals surface area (Å²) in [5.41, 5.74) is 1.33. The first-order valence-electron chi connectivity index (χ1n) is 7.38. The molecule has 0 spiro atoms. The van der Waals surface area contributed by atoms with Gasteiger partial charge in [-0.3, -0.25) is 4.79 Å². The van der Waals surface area contributed by atoms with Crippen LogP contribution in [-0.2, 0) is 0 Å². The van der Waals surface area contributed by atoms with E-state index in [-0.39, 0.29) is 11.7 Å². The summed E-state index contributed by atoms with van der Waals surface area (Å²) in [5.74, 6) is -0.0375. The van der Waals surface area contributed by atoms with Gasteiger partial charge in [-0.25, -0.2) is 4.98 Å². The molecule has 1 fully saturated rings. The highest BCUT2D eigenvalue weighted by atomic mass is 32.1. The molecule has 5 nitrogen and oxygen atoms in total. The summed E-state index contributed by atoms with van der Waals surface area (Å²) >= 11 is 1.62. The van der Waals surface area contributed by atoms with E-state index in [0.717, 1.165) is 30.2 Å². The van der Waals surface area contributed by atoms with Gasteiger partial charge in [0.25, 0.3) is 5.91 Å². The van der Waals surface area contributed by atoms with Gasteiger partial charge >= 0.3 is 0 Å². The zero-order valence-electron chi connectivity index (χ0n) is 12.5. The van der Waals surface area contributed by atoms with Crippen molar-refractivity contribution in [2.24, 2.45) is 0 Å². The summed E-state index contributed by atoms with van der Waals surface area (Å²) in [4.78, 5) is 21.0. The number of amides is 1.